The predicted molar refractivity (Wildman–Crippen MR) is 142 cm³/mol. The smallest absolute Gasteiger partial charge is 0.303 e. The molecule has 5 aliphatic rings. The van der Waals surface area contributed by atoms with Crippen LogP contribution in [0.3, 0.4) is 0 Å². The predicted octanol–water partition coefficient (Wildman–Crippen LogP) is 4.54. The van der Waals surface area contributed by atoms with Crippen molar-refractivity contribution in [3.8, 4) is 0 Å². The lowest BCUT2D eigenvalue weighted by Crippen LogP contribution is -2.68. The van der Waals surface area contributed by atoms with Gasteiger partial charge < -0.3 is 25.5 Å². The topological polar surface area (TPSA) is 118 Å². The standard InChI is InChI=1S/C31H50O6/c1-19-8-13-30(16-24(35)36)15-14-27(3)20(25(30)29(19,5)37)6-7-21-26(2)11-10-23(34)31(17-32,18-33)22(26)9-12-28(21,27)4/h6,19,21-23,25,32-34,37H,7-18H2,1-5H3,(H,35,36)/t19-,21-,22-,23+,25-,26-,27-,28-,29-,30-/m1/s1. The van der Waals surface area contributed by atoms with E-state index >= 15 is 0 Å². The zero-order chi connectivity index (χ0) is 27.2. The summed E-state index contributed by atoms with van der Waals surface area (Å²) < 4.78 is 0. The Morgan fingerprint density at radius 3 is 2.24 bits per heavy atom. The maximum Gasteiger partial charge on any atom is 0.303 e. The normalized spacial score (nSPS) is 52.7. The molecule has 5 aliphatic carbocycles. The molecule has 6 nitrogen and oxygen atoms in total. The lowest BCUT2D eigenvalue weighted by Gasteiger charge is -2.72. The highest BCUT2D eigenvalue weighted by Crippen LogP contribution is 2.76. The highest BCUT2D eigenvalue weighted by Gasteiger charge is 2.70. The van der Waals surface area contributed by atoms with Crippen LogP contribution in [0.1, 0.15) is 98.8 Å². The Labute approximate surface area is 222 Å². The molecule has 0 unspecified atom stereocenters. The van der Waals surface area contributed by atoms with Crippen molar-refractivity contribution in [2.45, 2.75) is 111 Å². The average molecular weight is 519 g/mol. The third-order valence-corrected chi connectivity index (χ3v) is 13.9. The van der Waals surface area contributed by atoms with E-state index in [2.05, 4.69) is 33.8 Å². The second-order valence-electron chi connectivity index (χ2n) is 14.9. The molecule has 4 saturated carbocycles. The highest BCUT2D eigenvalue weighted by molar-refractivity contribution is 5.68. The Hall–Kier alpha value is -0.950. The molecule has 0 saturated heterocycles. The van der Waals surface area contributed by atoms with Crippen LogP contribution in [0.2, 0.25) is 0 Å². The second-order valence-corrected chi connectivity index (χ2v) is 14.9. The number of hydrogen-bond acceptors (Lipinski definition) is 5. The zero-order valence-corrected chi connectivity index (χ0v) is 23.6. The van der Waals surface area contributed by atoms with E-state index in [9.17, 15) is 30.3 Å². The zero-order valence-electron chi connectivity index (χ0n) is 23.6. The molecule has 0 spiro atoms. The van der Waals surface area contributed by atoms with Crippen LogP contribution >= 0.6 is 0 Å². The fraction of sp³-hybridized carbons (Fsp3) is 0.903. The van der Waals surface area contributed by atoms with Gasteiger partial charge in [0.05, 0.1) is 31.3 Å². The Morgan fingerprint density at radius 2 is 1.62 bits per heavy atom. The molecule has 6 heteroatoms. The number of aliphatic carboxylic acids is 1. The molecule has 5 N–H and O–H groups in total. The van der Waals surface area contributed by atoms with Crippen LogP contribution in [0, 0.1) is 50.7 Å². The van der Waals surface area contributed by atoms with Gasteiger partial charge in [0.15, 0.2) is 0 Å². The van der Waals surface area contributed by atoms with E-state index in [0.29, 0.717) is 12.3 Å². The summed E-state index contributed by atoms with van der Waals surface area (Å²) in [4.78, 5) is 12.1. The lowest BCUT2D eigenvalue weighted by atomic mass is 9.33. The molecule has 0 radical (unpaired) electrons. The van der Waals surface area contributed by atoms with Gasteiger partial charge in [-0.05, 0) is 104 Å². The Kier molecular flexibility index (Phi) is 6.36. The van der Waals surface area contributed by atoms with Gasteiger partial charge in [0, 0.05) is 11.3 Å². The Bertz CT molecular complexity index is 969. The minimum absolute atomic E-state index is 0.0443. The first-order chi connectivity index (χ1) is 17.2. The Balaban J connectivity index is 1.62. The van der Waals surface area contributed by atoms with Crippen LogP contribution < -0.4 is 0 Å². The quantitative estimate of drug-likeness (QED) is 0.349. The van der Waals surface area contributed by atoms with E-state index in [-0.39, 0.29) is 53.6 Å². The SMILES string of the molecule is C[C@@H]1CC[C@]2(CC(=O)O)CC[C@]3(C)C(=CC[C@@H]4[C@@]5(C)CC[C@H](O)C(CO)(CO)[C@@H]5CC[C@]43C)[C@@H]2[C@]1(C)O. The molecular formula is C31H50O6. The fourth-order valence-corrected chi connectivity index (χ4v) is 11.4. The average Bonchev–Trinajstić information content (AvgIpc) is 2.83. The molecule has 0 amide bonds. The summed E-state index contributed by atoms with van der Waals surface area (Å²) in [5.74, 6) is -0.448. The first kappa shape index (κ1) is 27.6. The molecule has 0 aromatic heterocycles. The number of carboxylic acids is 1. The van der Waals surface area contributed by atoms with Gasteiger partial charge in [0.1, 0.15) is 0 Å². The van der Waals surface area contributed by atoms with Crippen molar-refractivity contribution in [1.29, 1.82) is 0 Å². The summed E-state index contributed by atoms with van der Waals surface area (Å²) in [5, 5.41) is 53.9. The van der Waals surface area contributed by atoms with Crippen molar-refractivity contribution in [3.05, 3.63) is 11.6 Å². The van der Waals surface area contributed by atoms with Gasteiger partial charge in [-0.3, -0.25) is 4.79 Å². The molecule has 0 aromatic carbocycles. The maximum absolute atomic E-state index is 12.1. The molecule has 0 aliphatic heterocycles. The van der Waals surface area contributed by atoms with E-state index < -0.39 is 28.5 Å². The minimum Gasteiger partial charge on any atom is -0.481 e. The van der Waals surface area contributed by atoms with Gasteiger partial charge in [-0.2, -0.15) is 0 Å². The van der Waals surface area contributed by atoms with E-state index in [1.165, 1.54) is 5.57 Å². The van der Waals surface area contributed by atoms with Crippen LogP contribution in [0.25, 0.3) is 0 Å². The third kappa shape index (κ3) is 3.34. The number of aliphatic hydroxyl groups excluding tert-OH is 3. The molecule has 10 atom stereocenters. The third-order valence-electron chi connectivity index (χ3n) is 13.9. The summed E-state index contributed by atoms with van der Waals surface area (Å²) in [7, 11) is 0. The van der Waals surface area contributed by atoms with Gasteiger partial charge in [-0.15, -0.1) is 0 Å². The van der Waals surface area contributed by atoms with Gasteiger partial charge in [-0.1, -0.05) is 39.3 Å². The van der Waals surface area contributed by atoms with Crippen molar-refractivity contribution in [1.82, 2.24) is 0 Å². The number of aliphatic hydroxyl groups is 4. The van der Waals surface area contributed by atoms with E-state index in [1.807, 2.05) is 6.92 Å². The van der Waals surface area contributed by atoms with Gasteiger partial charge in [-0.25, -0.2) is 0 Å². The van der Waals surface area contributed by atoms with Gasteiger partial charge in [0.2, 0.25) is 0 Å². The van der Waals surface area contributed by atoms with Gasteiger partial charge in [0.25, 0.3) is 0 Å². The number of allylic oxidation sites excluding steroid dienone is 1. The summed E-state index contributed by atoms with van der Waals surface area (Å²) in [5.41, 5.74) is -1.27. The highest BCUT2D eigenvalue weighted by atomic mass is 16.4. The lowest BCUT2D eigenvalue weighted by molar-refractivity contribution is -0.235. The monoisotopic (exact) mass is 518 g/mol. The number of carbonyl (C=O) groups is 1. The summed E-state index contributed by atoms with van der Waals surface area (Å²) in [6.45, 7) is 10.8. The largest absolute Gasteiger partial charge is 0.481 e. The van der Waals surface area contributed by atoms with Crippen LogP contribution in [0.15, 0.2) is 11.6 Å². The number of carboxylic acid groups (broad SMARTS) is 1. The molecular weight excluding hydrogens is 468 g/mol. The van der Waals surface area contributed by atoms with Crippen molar-refractivity contribution < 1.29 is 30.3 Å². The molecule has 0 heterocycles. The van der Waals surface area contributed by atoms with Gasteiger partial charge >= 0.3 is 5.97 Å². The molecule has 0 bridgehead atoms. The molecule has 0 aromatic rings. The summed E-state index contributed by atoms with van der Waals surface area (Å²) >= 11 is 0. The number of rotatable bonds is 4. The van der Waals surface area contributed by atoms with Crippen LogP contribution in [0.4, 0.5) is 0 Å². The number of hydrogen-bond donors (Lipinski definition) is 5. The second kappa shape index (κ2) is 8.52. The first-order valence-electron chi connectivity index (χ1n) is 14.7. The van der Waals surface area contributed by atoms with Crippen LogP contribution in [0.5, 0.6) is 0 Å². The summed E-state index contributed by atoms with van der Waals surface area (Å²) in [6, 6.07) is 0. The molecule has 5 rings (SSSR count). The maximum atomic E-state index is 12.1. The Morgan fingerprint density at radius 1 is 0.946 bits per heavy atom. The van der Waals surface area contributed by atoms with Crippen molar-refractivity contribution in [3.63, 3.8) is 0 Å². The molecule has 4 fully saturated rings. The van der Waals surface area contributed by atoms with Crippen molar-refractivity contribution >= 4 is 5.97 Å². The fourth-order valence-electron chi connectivity index (χ4n) is 11.4. The molecule has 210 valence electrons. The molecule has 37 heavy (non-hydrogen) atoms. The first-order valence-corrected chi connectivity index (χ1v) is 14.7. The number of fused-ring (bicyclic) bond motifs is 7. The van der Waals surface area contributed by atoms with E-state index in [4.69, 9.17) is 0 Å². The van der Waals surface area contributed by atoms with Crippen LogP contribution in [-0.4, -0.2) is 56.4 Å². The van der Waals surface area contributed by atoms with E-state index in [0.717, 1.165) is 51.4 Å². The van der Waals surface area contributed by atoms with Crippen molar-refractivity contribution in [2.24, 2.45) is 50.7 Å². The van der Waals surface area contributed by atoms with Crippen LogP contribution in [-0.2, 0) is 4.79 Å². The minimum atomic E-state index is -0.955. The van der Waals surface area contributed by atoms with E-state index in [1.54, 1.807) is 0 Å². The summed E-state index contributed by atoms with van der Waals surface area (Å²) in [6.07, 6.45) is 9.37. The van der Waals surface area contributed by atoms with Crippen molar-refractivity contribution in [2.75, 3.05) is 13.2 Å².